The molecule has 1 aromatic heterocycles. The Morgan fingerprint density at radius 1 is 1.13 bits per heavy atom. The van der Waals surface area contributed by atoms with Crippen molar-refractivity contribution in [3.63, 3.8) is 0 Å². The molecule has 0 saturated carbocycles. The van der Waals surface area contributed by atoms with Gasteiger partial charge in [-0.25, -0.2) is 9.38 Å². The Hall–Kier alpha value is -2.86. The summed E-state index contributed by atoms with van der Waals surface area (Å²) in [6, 6.07) is 14.6. The Morgan fingerprint density at radius 2 is 1.87 bits per heavy atom. The molecule has 1 saturated heterocycles. The smallest absolute Gasteiger partial charge is 0.266 e. The van der Waals surface area contributed by atoms with Crippen molar-refractivity contribution in [1.82, 2.24) is 9.47 Å². The Morgan fingerprint density at radius 3 is 2.57 bits per heavy atom. The number of fused-ring (bicyclic) bond motifs is 1. The predicted octanol–water partition coefficient (Wildman–Crippen LogP) is 6.38. The Balaban J connectivity index is 1.74. The maximum absolute atomic E-state index is 13.2. The summed E-state index contributed by atoms with van der Waals surface area (Å²) in [5.74, 6) is -0.358. The number of aromatic nitrogens is 1. The fraction of sp³-hybridized carbons (Fsp3) is 0.250. The van der Waals surface area contributed by atoms with Crippen LogP contribution < -0.4 is 0 Å². The number of para-hydroxylation sites is 1. The average molecular weight is 422 g/mol. The van der Waals surface area contributed by atoms with Crippen LogP contribution in [0.3, 0.4) is 0 Å². The molecule has 0 unspecified atom stereocenters. The minimum atomic E-state index is -0.306. The summed E-state index contributed by atoms with van der Waals surface area (Å²) in [5, 5.41) is 1.75. The molecule has 3 aromatic rings. The lowest BCUT2D eigenvalue weighted by Crippen LogP contribution is -2.28. The molecule has 1 amide bonds. The van der Waals surface area contributed by atoms with Crippen LogP contribution >= 0.6 is 11.8 Å². The van der Waals surface area contributed by atoms with Crippen molar-refractivity contribution in [2.24, 2.45) is 4.99 Å². The quantitative estimate of drug-likeness (QED) is 0.449. The summed E-state index contributed by atoms with van der Waals surface area (Å²) in [5.41, 5.74) is 2.82. The summed E-state index contributed by atoms with van der Waals surface area (Å²) >= 11 is 1.36. The number of thioether (sulfide) groups is 1. The van der Waals surface area contributed by atoms with Crippen molar-refractivity contribution in [3.05, 3.63) is 71.0 Å². The number of halogens is 1. The van der Waals surface area contributed by atoms with Crippen LogP contribution in [-0.2, 0) is 4.79 Å². The van der Waals surface area contributed by atoms with E-state index in [2.05, 4.69) is 41.7 Å². The minimum Gasteiger partial charge on any atom is -0.344 e. The molecule has 4 nitrogen and oxygen atoms in total. The summed E-state index contributed by atoms with van der Waals surface area (Å²) < 4.78 is 15.5. The highest BCUT2D eigenvalue weighted by molar-refractivity contribution is 8.18. The van der Waals surface area contributed by atoms with E-state index in [0.29, 0.717) is 28.3 Å². The second kappa shape index (κ2) is 8.48. The van der Waals surface area contributed by atoms with E-state index in [-0.39, 0.29) is 11.7 Å². The first kappa shape index (κ1) is 20.4. The van der Waals surface area contributed by atoms with Crippen LogP contribution in [0.2, 0.25) is 0 Å². The van der Waals surface area contributed by atoms with Crippen LogP contribution in [0.15, 0.2) is 64.6 Å². The zero-order valence-electron chi connectivity index (χ0n) is 17.3. The average Bonchev–Trinajstić information content (AvgIpc) is 3.27. The van der Waals surface area contributed by atoms with Crippen molar-refractivity contribution < 1.29 is 9.18 Å². The molecule has 6 heteroatoms. The van der Waals surface area contributed by atoms with Gasteiger partial charge in [-0.1, -0.05) is 25.1 Å². The maximum atomic E-state index is 13.2. The van der Waals surface area contributed by atoms with E-state index in [1.165, 1.54) is 29.4 Å². The fourth-order valence-electron chi connectivity index (χ4n) is 3.55. The van der Waals surface area contributed by atoms with Crippen molar-refractivity contribution in [2.45, 2.75) is 33.2 Å². The Labute approximate surface area is 180 Å². The second-order valence-corrected chi connectivity index (χ2v) is 8.31. The van der Waals surface area contributed by atoms with Crippen molar-refractivity contribution in [2.75, 3.05) is 6.54 Å². The second-order valence-electron chi connectivity index (χ2n) is 7.30. The van der Waals surface area contributed by atoms with E-state index >= 15 is 0 Å². The molecule has 1 atom stereocenters. The number of hydrogen-bond donors (Lipinski definition) is 0. The SMILES string of the molecule is CC[C@H](C)n1cc(/C=C2/SC(=Nc3ccc(F)cc3)N(CC)C2=O)c2ccccc21. The normalized spacial score (nSPS) is 18.1. The van der Waals surface area contributed by atoms with Gasteiger partial charge in [-0.05, 0) is 68.4 Å². The molecule has 0 spiro atoms. The highest BCUT2D eigenvalue weighted by atomic mass is 32.2. The summed E-state index contributed by atoms with van der Waals surface area (Å²) in [4.78, 5) is 19.9. The molecule has 154 valence electrons. The molecule has 30 heavy (non-hydrogen) atoms. The van der Waals surface area contributed by atoms with Gasteiger partial charge in [-0.15, -0.1) is 0 Å². The van der Waals surface area contributed by atoms with E-state index in [4.69, 9.17) is 0 Å². The predicted molar refractivity (Wildman–Crippen MR) is 123 cm³/mol. The van der Waals surface area contributed by atoms with Crippen LogP contribution in [0, 0.1) is 5.82 Å². The molecule has 1 fully saturated rings. The topological polar surface area (TPSA) is 37.6 Å². The number of likely N-dealkylation sites (N-methyl/N-ethyl adjacent to an activating group) is 1. The zero-order valence-corrected chi connectivity index (χ0v) is 18.1. The van der Waals surface area contributed by atoms with Gasteiger partial charge in [0.25, 0.3) is 5.91 Å². The molecule has 0 bridgehead atoms. The molecule has 1 aliphatic heterocycles. The Kier molecular flexibility index (Phi) is 5.77. The molecule has 2 heterocycles. The zero-order chi connectivity index (χ0) is 21.3. The van der Waals surface area contributed by atoms with Crippen molar-refractivity contribution in [3.8, 4) is 0 Å². The van der Waals surface area contributed by atoms with Gasteiger partial charge >= 0.3 is 0 Å². The number of benzene rings is 2. The number of carbonyl (C=O) groups excluding carboxylic acids is 1. The number of aliphatic imine (C=N–C) groups is 1. The number of hydrogen-bond acceptors (Lipinski definition) is 3. The fourth-order valence-corrected chi connectivity index (χ4v) is 4.60. The van der Waals surface area contributed by atoms with E-state index in [1.807, 2.05) is 25.1 Å². The van der Waals surface area contributed by atoms with Crippen LogP contribution in [0.5, 0.6) is 0 Å². The summed E-state index contributed by atoms with van der Waals surface area (Å²) in [7, 11) is 0. The van der Waals surface area contributed by atoms with Gasteiger partial charge in [0.05, 0.1) is 10.6 Å². The van der Waals surface area contributed by atoms with Crippen LogP contribution in [-0.4, -0.2) is 27.1 Å². The monoisotopic (exact) mass is 421 g/mol. The number of carbonyl (C=O) groups is 1. The van der Waals surface area contributed by atoms with Crippen LogP contribution in [0.25, 0.3) is 17.0 Å². The first-order valence-corrected chi connectivity index (χ1v) is 11.0. The van der Waals surface area contributed by atoms with Gasteiger partial charge in [0.2, 0.25) is 0 Å². The highest BCUT2D eigenvalue weighted by Gasteiger charge is 2.32. The molecule has 0 aliphatic carbocycles. The van der Waals surface area contributed by atoms with E-state index < -0.39 is 0 Å². The van der Waals surface area contributed by atoms with Crippen LogP contribution in [0.4, 0.5) is 10.1 Å². The molecule has 0 radical (unpaired) electrons. The molecule has 4 rings (SSSR count). The number of rotatable bonds is 5. The first-order valence-electron chi connectivity index (χ1n) is 10.2. The first-order chi connectivity index (χ1) is 14.5. The minimum absolute atomic E-state index is 0.0521. The number of amides is 1. The van der Waals surface area contributed by atoms with Gasteiger partial charge in [-0.3, -0.25) is 9.69 Å². The van der Waals surface area contributed by atoms with Gasteiger partial charge in [0.1, 0.15) is 5.82 Å². The van der Waals surface area contributed by atoms with E-state index in [1.54, 1.807) is 17.0 Å². The third kappa shape index (κ3) is 3.79. The third-order valence-corrected chi connectivity index (χ3v) is 6.39. The molecule has 2 aromatic carbocycles. The summed E-state index contributed by atoms with van der Waals surface area (Å²) in [6.07, 6.45) is 5.12. The van der Waals surface area contributed by atoms with E-state index in [9.17, 15) is 9.18 Å². The maximum Gasteiger partial charge on any atom is 0.266 e. The third-order valence-electron chi connectivity index (χ3n) is 5.38. The van der Waals surface area contributed by atoms with Crippen molar-refractivity contribution >= 4 is 45.5 Å². The van der Waals surface area contributed by atoms with E-state index in [0.717, 1.165) is 17.4 Å². The molecular formula is C24H24FN3OS. The number of nitrogens with zero attached hydrogens (tertiary/aromatic N) is 3. The summed E-state index contributed by atoms with van der Waals surface area (Å²) in [6.45, 7) is 6.82. The standard InChI is InChI=1S/C24H24FN3OS/c1-4-16(3)28-15-17(20-8-6-7-9-21(20)28)14-22-23(29)27(5-2)24(30-22)26-19-12-10-18(25)11-13-19/h6-16H,4-5H2,1-3H3/b22-14+,26-24?/t16-/m0/s1. The lowest BCUT2D eigenvalue weighted by atomic mass is 10.1. The van der Waals surface area contributed by atoms with Gasteiger partial charge in [0, 0.05) is 35.2 Å². The lowest BCUT2D eigenvalue weighted by Gasteiger charge is -2.12. The molecule has 1 aliphatic rings. The highest BCUT2D eigenvalue weighted by Crippen LogP contribution is 2.36. The van der Waals surface area contributed by atoms with Gasteiger partial charge in [0.15, 0.2) is 5.17 Å². The van der Waals surface area contributed by atoms with Gasteiger partial charge in [-0.2, -0.15) is 0 Å². The van der Waals surface area contributed by atoms with Gasteiger partial charge < -0.3 is 4.57 Å². The van der Waals surface area contributed by atoms with Crippen LogP contribution in [0.1, 0.15) is 38.8 Å². The van der Waals surface area contributed by atoms with Crippen molar-refractivity contribution in [1.29, 1.82) is 0 Å². The molecular weight excluding hydrogens is 397 g/mol. The largest absolute Gasteiger partial charge is 0.344 e. The molecule has 0 N–H and O–H groups in total. The number of amidine groups is 1. The lowest BCUT2D eigenvalue weighted by molar-refractivity contribution is -0.122. The Bertz CT molecular complexity index is 1150.